The highest BCUT2D eigenvalue weighted by molar-refractivity contribution is 7.92. The highest BCUT2D eigenvalue weighted by Crippen LogP contribution is 2.33. The van der Waals surface area contributed by atoms with Gasteiger partial charge in [-0.1, -0.05) is 11.6 Å². The summed E-state index contributed by atoms with van der Waals surface area (Å²) in [6.07, 6.45) is 0. The maximum atomic E-state index is 12.1. The first-order chi connectivity index (χ1) is 10.4. The highest BCUT2D eigenvalue weighted by Gasteiger charge is 2.50. The van der Waals surface area contributed by atoms with Crippen molar-refractivity contribution in [1.82, 2.24) is 14.9 Å². The summed E-state index contributed by atoms with van der Waals surface area (Å²) in [4.78, 5) is 9.89. The molecule has 0 amide bonds. The summed E-state index contributed by atoms with van der Waals surface area (Å²) in [7, 11) is -3.04. The molecule has 8 heteroatoms. The monoisotopic (exact) mass is 340 g/mol. The Morgan fingerprint density at radius 2 is 2.23 bits per heavy atom. The Morgan fingerprint density at radius 1 is 1.41 bits per heavy atom. The number of hydrogen-bond acceptors (Lipinski definition) is 5. The lowest BCUT2D eigenvalue weighted by Crippen LogP contribution is -2.33. The number of rotatable bonds is 2. The van der Waals surface area contributed by atoms with Gasteiger partial charge in [-0.25, -0.2) is 13.4 Å². The third-order valence-corrected chi connectivity index (χ3v) is 7.19. The summed E-state index contributed by atoms with van der Waals surface area (Å²) in [5, 5.41) is 0.344. The Bertz CT molecular complexity index is 834. The number of H-pyrrole nitrogens is 1. The number of aromatic amines is 1. The zero-order chi connectivity index (χ0) is 15.5. The number of nitrogens with one attached hydrogen (secondary N) is 1. The van der Waals surface area contributed by atoms with Crippen LogP contribution in [0.25, 0.3) is 11.0 Å². The standard InChI is InChI=1S/C14H17ClN4O2S/c15-8-1-2-11-12(3-8)18-14(17-11)6-19-4-9-10(16)7-22(20,21)13(9)5-19/h1-3,9-10,13H,4-7,16H2,(H,17,18)/t9-,10+,13-/m0/s1. The van der Waals surface area contributed by atoms with E-state index in [2.05, 4.69) is 14.9 Å². The average molecular weight is 341 g/mol. The SMILES string of the molecule is N[C@@H]1CS(=O)(=O)[C@H]2CN(Cc3nc4ccc(Cl)cc4[nH]3)C[C@@H]12. The molecule has 4 rings (SSSR count). The number of aromatic nitrogens is 2. The summed E-state index contributed by atoms with van der Waals surface area (Å²) in [5.41, 5.74) is 7.74. The molecule has 3 atom stereocenters. The maximum absolute atomic E-state index is 12.1. The molecule has 2 fully saturated rings. The second-order valence-electron chi connectivity index (χ2n) is 6.23. The molecule has 0 bridgehead atoms. The lowest BCUT2D eigenvalue weighted by Gasteiger charge is -2.16. The molecule has 1 aromatic heterocycles. The van der Waals surface area contributed by atoms with Crippen LogP contribution in [0, 0.1) is 5.92 Å². The molecule has 2 aromatic rings. The van der Waals surface area contributed by atoms with E-state index in [9.17, 15) is 8.42 Å². The molecule has 2 aliphatic rings. The van der Waals surface area contributed by atoms with E-state index >= 15 is 0 Å². The normalized spacial score (nSPS) is 30.9. The van der Waals surface area contributed by atoms with Crippen molar-refractivity contribution in [2.45, 2.75) is 17.8 Å². The van der Waals surface area contributed by atoms with Crippen LogP contribution in [0.3, 0.4) is 0 Å². The van der Waals surface area contributed by atoms with Gasteiger partial charge in [0.1, 0.15) is 5.82 Å². The molecule has 118 valence electrons. The lowest BCUT2D eigenvalue weighted by molar-refractivity contribution is 0.302. The molecule has 0 unspecified atom stereocenters. The topological polar surface area (TPSA) is 92.1 Å². The molecule has 22 heavy (non-hydrogen) atoms. The fraction of sp³-hybridized carbons (Fsp3) is 0.500. The largest absolute Gasteiger partial charge is 0.341 e. The number of nitrogens with two attached hydrogens (primary N) is 1. The van der Waals surface area contributed by atoms with Gasteiger partial charge in [0.2, 0.25) is 0 Å². The molecule has 3 heterocycles. The van der Waals surface area contributed by atoms with Gasteiger partial charge >= 0.3 is 0 Å². The third-order valence-electron chi connectivity index (χ3n) is 4.69. The number of likely N-dealkylation sites (tertiary alicyclic amines) is 1. The van der Waals surface area contributed by atoms with Gasteiger partial charge in [0, 0.05) is 30.1 Å². The van der Waals surface area contributed by atoms with Crippen molar-refractivity contribution in [2.24, 2.45) is 11.7 Å². The number of halogens is 1. The number of fused-ring (bicyclic) bond motifs is 2. The van der Waals surface area contributed by atoms with Crippen molar-refractivity contribution in [1.29, 1.82) is 0 Å². The van der Waals surface area contributed by atoms with Crippen molar-refractivity contribution >= 4 is 32.5 Å². The minimum atomic E-state index is -3.04. The van der Waals surface area contributed by atoms with Crippen molar-refractivity contribution in [3.8, 4) is 0 Å². The van der Waals surface area contributed by atoms with Gasteiger partial charge in [-0.05, 0) is 18.2 Å². The van der Waals surface area contributed by atoms with Gasteiger partial charge in [0.25, 0.3) is 0 Å². The Kier molecular flexibility index (Phi) is 3.23. The van der Waals surface area contributed by atoms with E-state index in [0.29, 0.717) is 24.7 Å². The molecule has 3 N–H and O–H groups in total. The zero-order valence-corrected chi connectivity index (χ0v) is 13.4. The Hall–Kier alpha value is -1.15. The van der Waals surface area contributed by atoms with Crippen LogP contribution in [0.4, 0.5) is 0 Å². The van der Waals surface area contributed by atoms with Crippen LogP contribution in [-0.2, 0) is 16.4 Å². The van der Waals surface area contributed by atoms with Gasteiger partial charge in [-0.3, -0.25) is 4.90 Å². The molecule has 2 saturated heterocycles. The second kappa shape index (κ2) is 4.92. The van der Waals surface area contributed by atoms with Crippen molar-refractivity contribution in [3.05, 3.63) is 29.0 Å². The Morgan fingerprint density at radius 3 is 3.00 bits per heavy atom. The minimum Gasteiger partial charge on any atom is -0.341 e. The van der Waals surface area contributed by atoms with Crippen LogP contribution in [0.15, 0.2) is 18.2 Å². The first kappa shape index (κ1) is 14.4. The van der Waals surface area contributed by atoms with E-state index < -0.39 is 9.84 Å². The fourth-order valence-electron chi connectivity index (χ4n) is 3.64. The van der Waals surface area contributed by atoms with Crippen molar-refractivity contribution in [2.75, 3.05) is 18.8 Å². The zero-order valence-electron chi connectivity index (χ0n) is 11.9. The number of imidazole rings is 1. The van der Waals surface area contributed by atoms with Crippen LogP contribution in [0.1, 0.15) is 5.82 Å². The van der Waals surface area contributed by atoms with E-state index in [-0.39, 0.29) is 23.0 Å². The molecule has 6 nitrogen and oxygen atoms in total. The predicted molar refractivity (Wildman–Crippen MR) is 85.4 cm³/mol. The first-order valence-corrected chi connectivity index (χ1v) is 9.35. The molecule has 0 saturated carbocycles. The number of sulfone groups is 1. The van der Waals surface area contributed by atoms with Crippen LogP contribution < -0.4 is 5.73 Å². The fourth-order valence-corrected chi connectivity index (χ4v) is 6.10. The molecule has 0 spiro atoms. The van der Waals surface area contributed by atoms with Gasteiger partial charge in [0.05, 0.1) is 28.6 Å². The molecular formula is C14H17ClN4O2S. The van der Waals surface area contributed by atoms with Crippen molar-refractivity contribution in [3.63, 3.8) is 0 Å². The summed E-state index contributed by atoms with van der Waals surface area (Å²) in [6, 6.07) is 5.28. The van der Waals surface area contributed by atoms with Crippen LogP contribution >= 0.6 is 11.6 Å². The van der Waals surface area contributed by atoms with Gasteiger partial charge in [-0.2, -0.15) is 0 Å². The van der Waals surface area contributed by atoms with Crippen LogP contribution in [0.2, 0.25) is 5.02 Å². The second-order valence-corrected chi connectivity index (χ2v) is 8.94. The maximum Gasteiger partial charge on any atom is 0.156 e. The molecular weight excluding hydrogens is 324 g/mol. The molecule has 0 aliphatic carbocycles. The van der Waals surface area contributed by atoms with E-state index in [1.165, 1.54) is 0 Å². The van der Waals surface area contributed by atoms with Crippen LogP contribution in [-0.4, -0.2) is 53.4 Å². The van der Waals surface area contributed by atoms with Crippen LogP contribution in [0.5, 0.6) is 0 Å². The summed E-state index contributed by atoms with van der Waals surface area (Å²) < 4.78 is 24.2. The van der Waals surface area contributed by atoms with Gasteiger partial charge in [-0.15, -0.1) is 0 Å². The minimum absolute atomic E-state index is 0.0452. The Balaban J connectivity index is 1.54. The quantitative estimate of drug-likeness (QED) is 0.842. The smallest absolute Gasteiger partial charge is 0.156 e. The highest BCUT2D eigenvalue weighted by atomic mass is 35.5. The molecule has 2 aliphatic heterocycles. The lowest BCUT2D eigenvalue weighted by atomic mass is 10.0. The average Bonchev–Trinajstić information content (AvgIpc) is 3.06. The first-order valence-electron chi connectivity index (χ1n) is 7.26. The molecule has 0 radical (unpaired) electrons. The Labute approximate surface area is 133 Å². The number of nitrogens with zero attached hydrogens (tertiary/aromatic N) is 2. The van der Waals surface area contributed by atoms with E-state index in [1.54, 1.807) is 6.07 Å². The van der Waals surface area contributed by atoms with E-state index in [0.717, 1.165) is 16.9 Å². The van der Waals surface area contributed by atoms with Crippen molar-refractivity contribution < 1.29 is 8.42 Å². The predicted octanol–water partition coefficient (Wildman–Crippen LogP) is 0.772. The van der Waals surface area contributed by atoms with E-state index in [4.69, 9.17) is 17.3 Å². The summed E-state index contributed by atoms with van der Waals surface area (Å²) in [6.45, 7) is 1.85. The van der Waals surface area contributed by atoms with Gasteiger partial charge in [0.15, 0.2) is 9.84 Å². The van der Waals surface area contributed by atoms with Gasteiger partial charge < -0.3 is 10.7 Å². The third kappa shape index (κ3) is 2.32. The number of hydrogen-bond donors (Lipinski definition) is 2. The number of benzene rings is 1. The molecule has 1 aromatic carbocycles. The van der Waals surface area contributed by atoms with E-state index in [1.807, 2.05) is 12.1 Å². The summed E-state index contributed by atoms with van der Waals surface area (Å²) >= 11 is 5.97. The summed E-state index contributed by atoms with van der Waals surface area (Å²) in [5.74, 6) is 0.992.